The van der Waals surface area contributed by atoms with Crippen LogP contribution in [-0.2, 0) is 9.53 Å². The maximum Gasteiger partial charge on any atom is 0.309 e. The number of methoxy groups -OCH3 is 1. The molecule has 0 saturated carbocycles. The van der Waals surface area contributed by atoms with Crippen molar-refractivity contribution in [2.75, 3.05) is 13.7 Å². The van der Waals surface area contributed by atoms with Crippen molar-refractivity contribution < 1.29 is 9.53 Å². The number of likely N-dealkylation sites (tertiary alicyclic amines) is 1. The molecule has 94 valence electrons. The lowest BCUT2D eigenvalue weighted by Gasteiger charge is -2.43. The standard InChI is InChI=1S/C13H25NO2/c1-9-7-6-8-14(11(9)3)12(4)10(2)13(15)16-5/h9-12H,6-8H2,1-5H3. The minimum Gasteiger partial charge on any atom is -0.469 e. The summed E-state index contributed by atoms with van der Waals surface area (Å²) in [7, 11) is 1.47. The maximum absolute atomic E-state index is 11.5. The zero-order valence-corrected chi connectivity index (χ0v) is 11.2. The molecule has 0 radical (unpaired) electrons. The van der Waals surface area contributed by atoms with Crippen LogP contribution in [-0.4, -0.2) is 36.6 Å². The van der Waals surface area contributed by atoms with Crippen molar-refractivity contribution in [1.82, 2.24) is 4.90 Å². The summed E-state index contributed by atoms with van der Waals surface area (Å²) in [5.41, 5.74) is 0. The maximum atomic E-state index is 11.5. The van der Waals surface area contributed by atoms with E-state index in [1.807, 2.05) is 6.92 Å². The molecule has 0 bridgehead atoms. The Morgan fingerprint density at radius 3 is 2.56 bits per heavy atom. The first-order valence-electron chi connectivity index (χ1n) is 6.32. The number of nitrogens with zero attached hydrogens (tertiary/aromatic N) is 1. The molecule has 3 heteroatoms. The summed E-state index contributed by atoms with van der Waals surface area (Å²) in [5.74, 6) is 0.580. The summed E-state index contributed by atoms with van der Waals surface area (Å²) >= 11 is 0. The van der Waals surface area contributed by atoms with E-state index in [2.05, 4.69) is 25.7 Å². The SMILES string of the molecule is COC(=O)C(C)C(C)N1CCCC(C)C1C. The lowest BCUT2D eigenvalue weighted by Crippen LogP contribution is -2.50. The number of hydrogen-bond donors (Lipinski definition) is 0. The fourth-order valence-corrected chi connectivity index (χ4v) is 2.61. The van der Waals surface area contributed by atoms with Gasteiger partial charge in [0.2, 0.25) is 0 Å². The molecule has 1 rings (SSSR count). The zero-order chi connectivity index (χ0) is 12.3. The van der Waals surface area contributed by atoms with Crippen molar-refractivity contribution >= 4 is 5.97 Å². The van der Waals surface area contributed by atoms with E-state index >= 15 is 0 Å². The molecular weight excluding hydrogens is 202 g/mol. The van der Waals surface area contributed by atoms with Gasteiger partial charge in [0.05, 0.1) is 13.0 Å². The summed E-state index contributed by atoms with van der Waals surface area (Å²) in [6, 6.07) is 0.834. The van der Waals surface area contributed by atoms with Crippen molar-refractivity contribution in [3.63, 3.8) is 0 Å². The van der Waals surface area contributed by atoms with Gasteiger partial charge in [-0.05, 0) is 39.2 Å². The summed E-state index contributed by atoms with van der Waals surface area (Å²) in [4.78, 5) is 14.0. The van der Waals surface area contributed by atoms with Crippen molar-refractivity contribution in [2.24, 2.45) is 11.8 Å². The van der Waals surface area contributed by atoms with Gasteiger partial charge in [-0.15, -0.1) is 0 Å². The lowest BCUT2D eigenvalue weighted by molar-refractivity contribution is -0.147. The molecule has 16 heavy (non-hydrogen) atoms. The average molecular weight is 227 g/mol. The first-order valence-corrected chi connectivity index (χ1v) is 6.32. The van der Waals surface area contributed by atoms with Crippen molar-refractivity contribution in [2.45, 2.75) is 52.6 Å². The van der Waals surface area contributed by atoms with Crippen LogP contribution in [0.25, 0.3) is 0 Å². The van der Waals surface area contributed by atoms with E-state index in [1.165, 1.54) is 20.0 Å². The number of esters is 1. The van der Waals surface area contributed by atoms with Gasteiger partial charge in [-0.3, -0.25) is 9.69 Å². The highest BCUT2D eigenvalue weighted by Crippen LogP contribution is 2.27. The molecule has 0 aliphatic carbocycles. The van der Waals surface area contributed by atoms with E-state index in [4.69, 9.17) is 4.74 Å². The Balaban J connectivity index is 2.64. The third-order valence-corrected chi connectivity index (χ3v) is 4.24. The van der Waals surface area contributed by atoms with Crippen LogP contribution in [0.1, 0.15) is 40.5 Å². The van der Waals surface area contributed by atoms with E-state index < -0.39 is 0 Å². The van der Waals surface area contributed by atoms with Gasteiger partial charge in [0.15, 0.2) is 0 Å². The predicted molar refractivity (Wildman–Crippen MR) is 65.2 cm³/mol. The number of carbonyl (C=O) groups is 1. The monoisotopic (exact) mass is 227 g/mol. The summed E-state index contributed by atoms with van der Waals surface area (Å²) in [6.45, 7) is 9.77. The molecule has 0 amide bonds. The van der Waals surface area contributed by atoms with Gasteiger partial charge in [-0.1, -0.05) is 13.8 Å². The van der Waals surface area contributed by atoms with Crippen LogP contribution in [0.2, 0.25) is 0 Å². The number of ether oxygens (including phenoxy) is 1. The van der Waals surface area contributed by atoms with Gasteiger partial charge < -0.3 is 4.74 Å². The average Bonchev–Trinajstić information content (AvgIpc) is 2.29. The van der Waals surface area contributed by atoms with E-state index in [9.17, 15) is 4.79 Å². The van der Waals surface area contributed by atoms with E-state index in [1.54, 1.807) is 0 Å². The Morgan fingerprint density at radius 1 is 1.38 bits per heavy atom. The van der Waals surface area contributed by atoms with Crippen LogP contribution >= 0.6 is 0 Å². The Bertz CT molecular complexity index is 242. The van der Waals surface area contributed by atoms with E-state index in [0.717, 1.165) is 12.5 Å². The second-order valence-corrected chi connectivity index (χ2v) is 5.15. The van der Waals surface area contributed by atoms with Gasteiger partial charge >= 0.3 is 5.97 Å². The number of hydrogen-bond acceptors (Lipinski definition) is 3. The van der Waals surface area contributed by atoms with Gasteiger partial charge in [0.25, 0.3) is 0 Å². The molecule has 1 heterocycles. The molecule has 0 aromatic heterocycles. The third-order valence-electron chi connectivity index (χ3n) is 4.24. The third kappa shape index (κ3) is 2.76. The molecule has 0 aromatic rings. The quantitative estimate of drug-likeness (QED) is 0.693. The number of carbonyl (C=O) groups excluding carboxylic acids is 1. The first-order chi connectivity index (χ1) is 7.49. The van der Waals surface area contributed by atoms with Crippen molar-refractivity contribution in [3.05, 3.63) is 0 Å². The zero-order valence-electron chi connectivity index (χ0n) is 11.2. The molecule has 4 atom stereocenters. The van der Waals surface area contributed by atoms with Crippen molar-refractivity contribution in [1.29, 1.82) is 0 Å². The molecule has 3 nitrogen and oxygen atoms in total. The highest BCUT2D eigenvalue weighted by molar-refractivity contribution is 5.72. The second kappa shape index (κ2) is 5.67. The van der Waals surface area contributed by atoms with Crippen LogP contribution in [0.15, 0.2) is 0 Å². The van der Waals surface area contributed by atoms with Crippen LogP contribution in [0, 0.1) is 11.8 Å². The minimum atomic E-state index is -0.0991. The summed E-state index contributed by atoms with van der Waals surface area (Å²) in [6.07, 6.45) is 2.54. The number of piperidine rings is 1. The smallest absolute Gasteiger partial charge is 0.309 e. The molecule has 1 aliphatic rings. The minimum absolute atomic E-state index is 0.0438. The largest absolute Gasteiger partial charge is 0.469 e. The summed E-state index contributed by atoms with van der Waals surface area (Å²) < 4.78 is 4.82. The molecule has 4 unspecified atom stereocenters. The Labute approximate surface area is 99.1 Å². The topological polar surface area (TPSA) is 29.5 Å². The van der Waals surface area contributed by atoms with E-state index in [0.29, 0.717) is 6.04 Å². The Hall–Kier alpha value is -0.570. The molecule has 0 spiro atoms. The van der Waals surface area contributed by atoms with Crippen LogP contribution < -0.4 is 0 Å². The molecular formula is C13H25NO2. The van der Waals surface area contributed by atoms with Gasteiger partial charge in [0.1, 0.15) is 0 Å². The fourth-order valence-electron chi connectivity index (χ4n) is 2.61. The van der Waals surface area contributed by atoms with E-state index in [-0.39, 0.29) is 17.9 Å². The highest BCUT2D eigenvalue weighted by Gasteiger charge is 2.33. The highest BCUT2D eigenvalue weighted by atomic mass is 16.5. The van der Waals surface area contributed by atoms with Crippen LogP contribution in [0.4, 0.5) is 0 Å². The van der Waals surface area contributed by atoms with Gasteiger partial charge in [-0.25, -0.2) is 0 Å². The predicted octanol–water partition coefficient (Wildman–Crippen LogP) is 2.30. The Kier molecular flexibility index (Phi) is 4.78. The van der Waals surface area contributed by atoms with Gasteiger partial charge in [0, 0.05) is 12.1 Å². The lowest BCUT2D eigenvalue weighted by atomic mass is 9.88. The van der Waals surface area contributed by atoms with Crippen LogP contribution in [0.3, 0.4) is 0 Å². The fraction of sp³-hybridized carbons (Fsp3) is 0.923. The first kappa shape index (κ1) is 13.5. The summed E-state index contributed by atoms with van der Waals surface area (Å²) in [5, 5.41) is 0. The molecule has 1 aliphatic heterocycles. The molecule has 0 N–H and O–H groups in total. The van der Waals surface area contributed by atoms with Crippen LogP contribution in [0.5, 0.6) is 0 Å². The van der Waals surface area contributed by atoms with Gasteiger partial charge in [-0.2, -0.15) is 0 Å². The molecule has 1 saturated heterocycles. The molecule has 0 aromatic carbocycles. The van der Waals surface area contributed by atoms with Crippen molar-refractivity contribution in [3.8, 4) is 0 Å². The Morgan fingerprint density at radius 2 is 2.00 bits per heavy atom. The second-order valence-electron chi connectivity index (χ2n) is 5.15. The normalized spacial score (nSPS) is 30.8. The molecule has 1 fully saturated rings. The number of rotatable bonds is 3.